The topological polar surface area (TPSA) is 52.5 Å². The minimum Gasteiger partial charge on any atom is -0.384 e. The fraction of sp³-hybridized carbons (Fsp3) is 0.500. The molecule has 23 heavy (non-hydrogen) atoms. The lowest BCUT2D eigenvalue weighted by atomic mass is 9.67. The molecule has 2 fully saturated rings. The van der Waals surface area contributed by atoms with Crippen LogP contribution in [0.2, 0.25) is 0 Å². The first kappa shape index (κ1) is 14.7. The molecule has 0 radical (unpaired) electrons. The van der Waals surface area contributed by atoms with Gasteiger partial charge in [0.25, 0.3) is 5.91 Å². The molecule has 0 spiro atoms. The van der Waals surface area contributed by atoms with Crippen molar-refractivity contribution in [2.75, 3.05) is 20.3 Å². The van der Waals surface area contributed by atoms with Crippen LogP contribution in [0.1, 0.15) is 16.8 Å². The molecule has 1 aliphatic heterocycles. The second kappa shape index (κ2) is 5.65. The van der Waals surface area contributed by atoms with Crippen LogP contribution in [-0.2, 0) is 16.5 Å². The molecular weight excluding hydrogens is 292 g/mol. The smallest absolute Gasteiger partial charge is 0.252 e. The monoisotopic (exact) mass is 314 g/mol. The maximum atomic E-state index is 12.8. The van der Waals surface area contributed by atoms with Crippen molar-refractivity contribution in [1.82, 2.24) is 9.88 Å². The van der Waals surface area contributed by atoms with Crippen molar-refractivity contribution < 1.29 is 14.3 Å². The molecule has 122 valence electrons. The van der Waals surface area contributed by atoms with E-state index < -0.39 is 0 Å². The van der Waals surface area contributed by atoms with E-state index in [9.17, 15) is 4.79 Å². The van der Waals surface area contributed by atoms with Gasteiger partial charge in [-0.1, -0.05) is 6.07 Å². The summed E-state index contributed by atoms with van der Waals surface area (Å²) in [5, 5.41) is 4.23. The Balaban J connectivity index is 1.57. The molecule has 5 nitrogen and oxygen atoms in total. The highest BCUT2D eigenvalue weighted by Crippen LogP contribution is 2.43. The number of nitrogens with zero attached hydrogens (tertiary/aromatic N) is 1. The minimum absolute atomic E-state index is 0.00162. The van der Waals surface area contributed by atoms with Crippen molar-refractivity contribution in [1.29, 1.82) is 0 Å². The molecule has 1 amide bonds. The normalized spacial score (nSPS) is 29.3. The molecule has 5 heteroatoms. The van der Waals surface area contributed by atoms with Gasteiger partial charge in [0.05, 0.1) is 12.7 Å². The van der Waals surface area contributed by atoms with Gasteiger partial charge in [0, 0.05) is 61.3 Å². The molecule has 2 heterocycles. The summed E-state index contributed by atoms with van der Waals surface area (Å²) in [6.07, 6.45) is 3.25. The van der Waals surface area contributed by atoms with Crippen molar-refractivity contribution >= 4 is 16.8 Å². The maximum Gasteiger partial charge on any atom is 0.252 e. The number of ether oxygens (including phenoxy) is 2. The maximum absolute atomic E-state index is 12.8. The fourth-order valence-electron chi connectivity index (χ4n) is 4.16. The van der Waals surface area contributed by atoms with Crippen molar-refractivity contribution in [3.8, 4) is 0 Å². The van der Waals surface area contributed by atoms with Crippen LogP contribution in [0.3, 0.4) is 0 Å². The standard InChI is InChI=1S/C18H22N2O3/c1-20-8-6-11-12(4-3-5-15(11)20)18(21)19-16-13-7-9-23-17(13)14(16)10-22-2/h3-6,8,13-14,16-17H,7,9-10H2,1-2H3,(H,19,21)/t13-,14+,16+,17-/m0/s1. The van der Waals surface area contributed by atoms with Crippen molar-refractivity contribution in [2.24, 2.45) is 18.9 Å². The van der Waals surface area contributed by atoms with Gasteiger partial charge in [-0.3, -0.25) is 4.79 Å². The van der Waals surface area contributed by atoms with Crippen LogP contribution in [0.25, 0.3) is 10.9 Å². The van der Waals surface area contributed by atoms with Gasteiger partial charge in [-0.05, 0) is 24.6 Å². The van der Waals surface area contributed by atoms with Gasteiger partial charge in [-0.25, -0.2) is 0 Å². The van der Waals surface area contributed by atoms with Crippen molar-refractivity contribution in [3.63, 3.8) is 0 Å². The third-order valence-corrected chi connectivity index (χ3v) is 5.36. The van der Waals surface area contributed by atoms with Gasteiger partial charge in [-0.15, -0.1) is 0 Å². The molecule has 1 saturated carbocycles. The Labute approximate surface area is 135 Å². The molecule has 1 N–H and O–H groups in total. The first-order chi connectivity index (χ1) is 11.2. The van der Waals surface area contributed by atoms with Gasteiger partial charge in [0.1, 0.15) is 0 Å². The summed E-state index contributed by atoms with van der Waals surface area (Å²) in [7, 11) is 3.69. The average Bonchev–Trinajstić information content (AvgIpc) is 3.15. The lowest BCUT2D eigenvalue weighted by molar-refractivity contribution is -0.0809. The molecule has 1 aromatic heterocycles. The SMILES string of the molecule is COC[C@@H]1[C@H](NC(=O)c2cccc3c2ccn3C)[C@@H]2CCO[C@H]12. The van der Waals surface area contributed by atoms with E-state index in [0.29, 0.717) is 12.5 Å². The Morgan fingerprint density at radius 3 is 3.13 bits per heavy atom. The van der Waals surface area contributed by atoms with E-state index in [1.54, 1.807) is 7.11 Å². The Bertz CT molecular complexity index is 739. The van der Waals surface area contributed by atoms with E-state index in [-0.39, 0.29) is 24.0 Å². The summed E-state index contributed by atoms with van der Waals surface area (Å²) in [5.74, 6) is 0.679. The summed E-state index contributed by atoms with van der Waals surface area (Å²) < 4.78 is 13.1. The molecule has 4 atom stereocenters. The highest BCUT2D eigenvalue weighted by Gasteiger charge is 2.54. The predicted octanol–water partition coefficient (Wildman–Crippen LogP) is 1.96. The third-order valence-electron chi connectivity index (χ3n) is 5.36. The van der Waals surface area contributed by atoms with Crippen molar-refractivity contribution in [2.45, 2.75) is 18.6 Å². The van der Waals surface area contributed by atoms with Gasteiger partial charge in [0.2, 0.25) is 0 Å². The largest absolute Gasteiger partial charge is 0.384 e. The molecule has 1 aliphatic carbocycles. The first-order valence-electron chi connectivity index (χ1n) is 8.16. The molecular formula is C18H22N2O3. The highest BCUT2D eigenvalue weighted by atomic mass is 16.5. The first-order valence-corrected chi connectivity index (χ1v) is 8.16. The Kier molecular flexibility index (Phi) is 3.62. The zero-order valence-electron chi connectivity index (χ0n) is 13.5. The second-order valence-electron chi connectivity index (χ2n) is 6.57. The van der Waals surface area contributed by atoms with E-state index >= 15 is 0 Å². The summed E-state index contributed by atoms with van der Waals surface area (Å²) in [4.78, 5) is 12.8. The third kappa shape index (κ3) is 2.26. The van der Waals surface area contributed by atoms with Crippen LogP contribution in [-0.4, -0.2) is 42.9 Å². The molecule has 0 bridgehead atoms. The second-order valence-corrected chi connectivity index (χ2v) is 6.57. The van der Waals surface area contributed by atoms with E-state index in [2.05, 4.69) is 5.32 Å². The van der Waals surface area contributed by atoms with Gasteiger partial charge < -0.3 is 19.4 Å². The quantitative estimate of drug-likeness (QED) is 0.938. The number of carbonyl (C=O) groups is 1. The van der Waals surface area contributed by atoms with Gasteiger partial charge >= 0.3 is 0 Å². The summed E-state index contributed by atoms with van der Waals surface area (Å²) in [6.45, 7) is 1.41. The number of rotatable bonds is 4. The van der Waals surface area contributed by atoms with E-state index in [0.717, 1.165) is 29.5 Å². The number of amides is 1. The number of aryl methyl sites for hydroxylation is 1. The molecule has 0 unspecified atom stereocenters. The van der Waals surface area contributed by atoms with Crippen LogP contribution in [0.4, 0.5) is 0 Å². The fourth-order valence-corrected chi connectivity index (χ4v) is 4.16. The van der Waals surface area contributed by atoms with Crippen LogP contribution in [0.15, 0.2) is 30.5 Å². The number of nitrogens with one attached hydrogen (secondary N) is 1. The van der Waals surface area contributed by atoms with Crippen LogP contribution < -0.4 is 5.32 Å². The number of benzene rings is 1. The summed E-state index contributed by atoms with van der Waals surface area (Å²) in [5.41, 5.74) is 1.81. The molecule has 2 aromatic rings. The number of hydrogen-bond acceptors (Lipinski definition) is 3. The number of fused-ring (bicyclic) bond motifs is 2. The van der Waals surface area contributed by atoms with Gasteiger partial charge in [0.15, 0.2) is 0 Å². The summed E-state index contributed by atoms with van der Waals surface area (Å²) >= 11 is 0. The molecule has 2 aliphatic rings. The molecule has 1 aromatic carbocycles. The average molecular weight is 314 g/mol. The lowest BCUT2D eigenvalue weighted by Gasteiger charge is -2.47. The van der Waals surface area contributed by atoms with Crippen LogP contribution in [0, 0.1) is 11.8 Å². The molecule has 1 saturated heterocycles. The van der Waals surface area contributed by atoms with Crippen molar-refractivity contribution in [3.05, 3.63) is 36.0 Å². The summed E-state index contributed by atoms with van der Waals surface area (Å²) in [6, 6.07) is 8.01. The Hall–Kier alpha value is -1.85. The van der Waals surface area contributed by atoms with E-state index in [4.69, 9.17) is 9.47 Å². The Morgan fingerprint density at radius 1 is 1.43 bits per heavy atom. The Morgan fingerprint density at radius 2 is 2.30 bits per heavy atom. The number of hydrogen-bond donors (Lipinski definition) is 1. The molecule has 4 rings (SSSR count). The van der Waals surface area contributed by atoms with E-state index in [1.165, 1.54) is 0 Å². The minimum atomic E-state index is -0.00162. The van der Waals surface area contributed by atoms with Crippen LogP contribution in [0.5, 0.6) is 0 Å². The van der Waals surface area contributed by atoms with Crippen LogP contribution >= 0.6 is 0 Å². The zero-order chi connectivity index (χ0) is 16.0. The predicted molar refractivity (Wildman–Crippen MR) is 87.4 cm³/mol. The number of methoxy groups -OCH3 is 1. The lowest BCUT2D eigenvalue weighted by Crippen LogP contribution is -2.62. The van der Waals surface area contributed by atoms with E-state index in [1.807, 2.05) is 42.1 Å². The zero-order valence-corrected chi connectivity index (χ0v) is 13.5. The number of aromatic nitrogens is 1. The highest BCUT2D eigenvalue weighted by molar-refractivity contribution is 6.06. The number of carbonyl (C=O) groups excluding carboxylic acids is 1. The van der Waals surface area contributed by atoms with Gasteiger partial charge in [-0.2, -0.15) is 0 Å².